The molecule has 0 radical (unpaired) electrons. The van der Waals surface area contributed by atoms with Crippen LogP contribution in [0, 0.1) is 5.41 Å². The number of hydrogen-bond donors (Lipinski definition) is 2. The molecule has 2 heterocycles. The molecule has 1 atom stereocenters. The quantitative estimate of drug-likeness (QED) is 0.853. The zero-order chi connectivity index (χ0) is 19.7. The van der Waals surface area contributed by atoms with Crippen LogP contribution in [-0.4, -0.2) is 36.9 Å². The van der Waals surface area contributed by atoms with Crippen LogP contribution in [0.15, 0.2) is 48.5 Å². The number of benzene rings is 2. The van der Waals surface area contributed by atoms with Crippen molar-refractivity contribution in [1.29, 1.82) is 5.41 Å². The fourth-order valence-corrected chi connectivity index (χ4v) is 4.19. The molecular formula is C23H28N4O. The maximum absolute atomic E-state index is 12.3. The maximum atomic E-state index is 12.3. The van der Waals surface area contributed by atoms with Gasteiger partial charge in [0.1, 0.15) is 0 Å². The van der Waals surface area contributed by atoms with Crippen molar-refractivity contribution in [3.63, 3.8) is 0 Å². The zero-order valence-electron chi connectivity index (χ0n) is 16.7. The number of amides is 1. The number of piperidine rings is 1. The first-order valence-corrected chi connectivity index (χ1v) is 10.1. The maximum Gasteiger partial charge on any atom is 0.231 e. The second kappa shape index (κ2) is 7.30. The predicted molar refractivity (Wildman–Crippen MR) is 114 cm³/mol. The van der Waals surface area contributed by atoms with Crippen molar-refractivity contribution in [3.05, 3.63) is 54.1 Å². The van der Waals surface area contributed by atoms with Gasteiger partial charge in [-0.2, -0.15) is 0 Å². The summed E-state index contributed by atoms with van der Waals surface area (Å²) in [6.07, 6.45) is 4.19. The van der Waals surface area contributed by atoms with Crippen LogP contribution >= 0.6 is 0 Å². The minimum Gasteiger partial charge on any atom is -0.372 e. The summed E-state index contributed by atoms with van der Waals surface area (Å²) in [6, 6.07) is 17.1. The third-order valence-corrected chi connectivity index (χ3v) is 6.01. The first-order chi connectivity index (χ1) is 13.5. The first-order valence-electron chi connectivity index (χ1n) is 10.1. The standard InChI is InChI=1S/C23H28N4O/c1-23(16-21(28)26(2)22(24)25-23)19-10-6-8-17(14-19)18-9-7-11-20(15-18)27-12-4-3-5-13-27/h6-11,14-15H,3-5,12-13,16H2,1-2H3,(H2,24,25)/t23-/m0/s1. The second-order valence-electron chi connectivity index (χ2n) is 8.11. The lowest BCUT2D eigenvalue weighted by atomic mass is 9.85. The summed E-state index contributed by atoms with van der Waals surface area (Å²) in [4.78, 5) is 16.1. The van der Waals surface area contributed by atoms with Gasteiger partial charge in [-0.25, -0.2) is 0 Å². The van der Waals surface area contributed by atoms with Gasteiger partial charge in [-0.05, 0) is 61.1 Å². The Morgan fingerprint density at radius 3 is 2.39 bits per heavy atom. The summed E-state index contributed by atoms with van der Waals surface area (Å²) >= 11 is 0. The summed E-state index contributed by atoms with van der Waals surface area (Å²) < 4.78 is 0. The van der Waals surface area contributed by atoms with Crippen molar-refractivity contribution < 1.29 is 4.79 Å². The molecule has 0 aromatic heterocycles. The molecule has 0 unspecified atom stereocenters. The van der Waals surface area contributed by atoms with E-state index in [1.54, 1.807) is 7.05 Å². The zero-order valence-corrected chi connectivity index (χ0v) is 16.7. The van der Waals surface area contributed by atoms with E-state index >= 15 is 0 Å². The van der Waals surface area contributed by atoms with E-state index in [-0.39, 0.29) is 11.9 Å². The Morgan fingerprint density at radius 2 is 1.68 bits per heavy atom. The van der Waals surface area contributed by atoms with Gasteiger partial charge < -0.3 is 10.2 Å². The number of nitrogens with zero attached hydrogens (tertiary/aromatic N) is 2. The van der Waals surface area contributed by atoms with E-state index in [1.165, 1.54) is 35.4 Å². The monoisotopic (exact) mass is 376 g/mol. The molecule has 0 bridgehead atoms. The molecule has 5 nitrogen and oxygen atoms in total. The van der Waals surface area contributed by atoms with Gasteiger partial charge in [0.2, 0.25) is 5.91 Å². The van der Waals surface area contributed by atoms with Crippen molar-refractivity contribution in [2.75, 3.05) is 25.0 Å². The highest BCUT2D eigenvalue weighted by Crippen LogP contribution is 2.33. The van der Waals surface area contributed by atoms with E-state index in [4.69, 9.17) is 5.41 Å². The van der Waals surface area contributed by atoms with E-state index in [9.17, 15) is 4.79 Å². The van der Waals surface area contributed by atoms with Crippen LogP contribution < -0.4 is 10.2 Å². The molecule has 2 aliphatic rings. The van der Waals surface area contributed by atoms with E-state index in [1.807, 2.05) is 19.1 Å². The highest BCUT2D eigenvalue weighted by atomic mass is 16.2. The molecule has 2 aliphatic heterocycles. The minimum atomic E-state index is -0.568. The smallest absolute Gasteiger partial charge is 0.231 e. The molecule has 2 aromatic rings. The lowest BCUT2D eigenvalue weighted by molar-refractivity contribution is -0.129. The first kappa shape index (κ1) is 18.5. The summed E-state index contributed by atoms with van der Waals surface area (Å²) in [7, 11) is 1.64. The molecule has 0 aliphatic carbocycles. The highest BCUT2D eigenvalue weighted by molar-refractivity contribution is 5.98. The lowest BCUT2D eigenvalue weighted by Crippen LogP contribution is -2.58. The Morgan fingerprint density at radius 1 is 1.00 bits per heavy atom. The SMILES string of the molecule is CN1C(=N)N[C@](C)(c2cccc(-c3cccc(N4CCCCC4)c3)c2)CC1=O. The normalized spacial score (nSPS) is 22.9. The van der Waals surface area contributed by atoms with E-state index < -0.39 is 5.54 Å². The third kappa shape index (κ3) is 3.49. The molecule has 2 fully saturated rings. The van der Waals surface area contributed by atoms with E-state index in [0.29, 0.717) is 6.42 Å². The van der Waals surface area contributed by atoms with Crippen LogP contribution in [0.4, 0.5) is 5.69 Å². The Labute approximate surface area is 166 Å². The van der Waals surface area contributed by atoms with Gasteiger partial charge in [0.05, 0.1) is 12.0 Å². The molecule has 0 spiro atoms. The number of nitrogens with one attached hydrogen (secondary N) is 2. The van der Waals surface area contributed by atoms with Crippen molar-refractivity contribution in [2.45, 2.75) is 38.1 Å². The van der Waals surface area contributed by atoms with Crippen LogP contribution in [0.1, 0.15) is 38.2 Å². The summed E-state index contributed by atoms with van der Waals surface area (Å²) in [5, 5.41) is 11.3. The van der Waals surface area contributed by atoms with Gasteiger partial charge in [-0.15, -0.1) is 0 Å². The van der Waals surface area contributed by atoms with Crippen LogP contribution in [-0.2, 0) is 10.3 Å². The Hall–Kier alpha value is -2.82. The average Bonchev–Trinajstić information content (AvgIpc) is 2.73. The minimum absolute atomic E-state index is 0.0382. The molecule has 1 amide bonds. The Bertz CT molecular complexity index is 883. The number of hydrogen-bond acceptors (Lipinski definition) is 3. The Balaban J connectivity index is 1.64. The van der Waals surface area contributed by atoms with E-state index in [2.05, 4.69) is 46.6 Å². The highest BCUT2D eigenvalue weighted by Gasteiger charge is 2.37. The van der Waals surface area contributed by atoms with Crippen LogP contribution in [0.3, 0.4) is 0 Å². The number of anilines is 1. The van der Waals surface area contributed by atoms with Gasteiger partial charge >= 0.3 is 0 Å². The van der Waals surface area contributed by atoms with Gasteiger partial charge in [0, 0.05) is 25.8 Å². The van der Waals surface area contributed by atoms with Gasteiger partial charge in [0.15, 0.2) is 5.96 Å². The summed E-state index contributed by atoms with van der Waals surface area (Å²) in [5.74, 6) is 0.111. The second-order valence-corrected chi connectivity index (χ2v) is 8.11. The number of carbonyl (C=O) groups is 1. The fraction of sp³-hybridized carbons (Fsp3) is 0.391. The lowest BCUT2D eigenvalue weighted by Gasteiger charge is -2.39. The van der Waals surface area contributed by atoms with Crippen LogP contribution in [0.5, 0.6) is 0 Å². The summed E-state index contributed by atoms with van der Waals surface area (Å²) in [6.45, 7) is 4.25. The third-order valence-electron chi connectivity index (χ3n) is 6.01. The van der Waals surface area contributed by atoms with Crippen molar-refractivity contribution in [2.24, 2.45) is 0 Å². The summed E-state index contributed by atoms with van der Waals surface area (Å²) in [5.41, 5.74) is 4.06. The van der Waals surface area contributed by atoms with Gasteiger partial charge in [0.25, 0.3) is 0 Å². The van der Waals surface area contributed by atoms with Gasteiger partial charge in [-0.3, -0.25) is 15.1 Å². The van der Waals surface area contributed by atoms with Crippen molar-refractivity contribution >= 4 is 17.6 Å². The predicted octanol–water partition coefficient (Wildman–Crippen LogP) is 3.95. The molecule has 0 saturated carbocycles. The molecule has 146 valence electrons. The van der Waals surface area contributed by atoms with Crippen molar-refractivity contribution in [3.8, 4) is 11.1 Å². The average molecular weight is 377 g/mol. The number of rotatable bonds is 3. The molecule has 5 heteroatoms. The van der Waals surface area contributed by atoms with E-state index in [0.717, 1.165) is 24.2 Å². The van der Waals surface area contributed by atoms with Crippen LogP contribution in [0.25, 0.3) is 11.1 Å². The van der Waals surface area contributed by atoms with Crippen molar-refractivity contribution in [1.82, 2.24) is 10.2 Å². The largest absolute Gasteiger partial charge is 0.372 e. The topological polar surface area (TPSA) is 59.4 Å². The molecular weight excluding hydrogens is 348 g/mol. The van der Waals surface area contributed by atoms with Gasteiger partial charge in [-0.1, -0.05) is 30.3 Å². The van der Waals surface area contributed by atoms with Crippen LogP contribution in [0.2, 0.25) is 0 Å². The molecule has 4 rings (SSSR count). The Kier molecular flexibility index (Phi) is 4.84. The fourth-order valence-electron chi connectivity index (χ4n) is 4.19. The number of carbonyl (C=O) groups excluding carboxylic acids is 1. The number of guanidine groups is 1. The molecule has 2 aromatic carbocycles. The molecule has 2 saturated heterocycles. The molecule has 28 heavy (non-hydrogen) atoms. The molecule has 2 N–H and O–H groups in total.